The SMILES string of the molecule is CC#Cc1nc(-c2cnc(C)cn2)no1. The molecular weight excluding hydrogens is 192 g/mol. The minimum Gasteiger partial charge on any atom is -0.325 e. The lowest BCUT2D eigenvalue weighted by Gasteiger charge is -1.92. The van der Waals surface area contributed by atoms with Crippen LogP contribution in [0.1, 0.15) is 18.5 Å². The van der Waals surface area contributed by atoms with Gasteiger partial charge in [-0.05, 0) is 19.8 Å². The second-order valence-corrected chi connectivity index (χ2v) is 2.84. The lowest BCUT2D eigenvalue weighted by molar-refractivity contribution is 0.409. The van der Waals surface area contributed by atoms with Gasteiger partial charge in [-0.25, -0.2) is 4.98 Å². The van der Waals surface area contributed by atoms with Gasteiger partial charge in [0.25, 0.3) is 0 Å². The molecule has 5 nitrogen and oxygen atoms in total. The van der Waals surface area contributed by atoms with E-state index in [1.54, 1.807) is 19.3 Å². The Labute approximate surface area is 86.6 Å². The first-order valence-electron chi connectivity index (χ1n) is 4.35. The van der Waals surface area contributed by atoms with Gasteiger partial charge in [0.15, 0.2) is 0 Å². The summed E-state index contributed by atoms with van der Waals surface area (Å²) >= 11 is 0. The Morgan fingerprint density at radius 3 is 2.80 bits per heavy atom. The number of rotatable bonds is 1. The Morgan fingerprint density at radius 2 is 2.13 bits per heavy atom. The average molecular weight is 200 g/mol. The fourth-order valence-corrected chi connectivity index (χ4v) is 0.993. The van der Waals surface area contributed by atoms with Crippen LogP contribution in [0.5, 0.6) is 0 Å². The molecule has 0 radical (unpaired) electrons. The Hall–Kier alpha value is -2.22. The normalized spacial score (nSPS) is 9.47. The predicted octanol–water partition coefficient (Wildman–Crippen LogP) is 1.21. The summed E-state index contributed by atoms with van der Waals surface area (Å²) in [5, 5.41) is 3.74. The average Bonchev–Trinajstić information content (AvgIpc) is 2.68. The molecule has 2 heterocycles. The van der Waals surface area contributed by atoms with Crippen LogP contribution in [0.15, 0.2) is 16.9 Å². The molecule has 0 aliphatic rings. The maximum Gasteiger partial charge on any atom is 0.302 e. The summed E-state index contributed by atoms with van der Waals surface area (Å²) in [6, 6.07) is 0. The van der Waals surface area contributed by atoms with Crippen LogP contribution in [0, 0.1) is 18.8 Å². The lowest BCUT2D eigenvalue weighted by atomic mass is 10.4. The molecule has 2 aromatic rings. The molecular formula is C10H8N4O. The van der Waals surface area contributed by atoms with Gasteiger partial charge < -0.3 is 4.52 Å². The minimum atomic E-state index is 0.287. The van der Waals surface area contributed by atoms with Crippen LogP contribution in [0.4, 0.5) is 0 Å². The number of hydrogen-bond acceptors (Lipinski definition) is 5. The second kappa shape index (κ2) is 3.88. The van der Waals surface area contributed by atoms with E-state index in [0.29, 0.717) is 11.5 Å². The lowest BCUT2D eigenvalue weighted by Crippen LogP contribution is -1.89. The Kier molecular flexibility index (Phi) is 2.42. The van der Waals surface area contributed by atoms with Crippen LogP contribution >= 0.6 is 0 Å². The molecule has 0 aromatic carbocycles. The summed E-state index contributed by atoms with van der Waals surface area (Å²) < 4.78 is 4.89. The van der Waals surface area contributed by atoms with Crippen molar-refractivity contribution in [2.45, 2.75) is 13.8 Å². The molecule has 2 aromatic heterocycles. The first-order chi connectivity index (χ1) is 7.29. The molecule has 0 saturated heterocycles. The second-order valence-electron chi connectivity index (χ2n) is 2.84. The van der Waals surface area contributed by atoms with Gasteiger partial charge in [0, 0.05) is 6.20 Å². The number of aromatic nitrogens is 4. The molecule has 0 saturated carbocycles. The molecule has 0 fully saturated rings. The van der Waals surface area contributed by atoms with Crippen LogP contribution in [0.2, 0.25) is 0 Å². The van der Waals surface area contributed by atoms with Crippen molar-refractivity contribution in [3.05, 3.63) is 24.0 Å². The highest BCUT2D eigenvalue weighted by molar-refractivity contribution is 5.46. The smallest absolute Gasteiger partial charge is 0.302 e. The summed E-state index contributed by atoms with van der Waals surface area (Å²) in [5.74, 6) is 6.04. The maximum absolute atomic E-state index is 4.89. The Balaban J connectivity index is 2.35. The summed E-state index contributed by atoms with van der Waals surface area (Å²) in [6.45, 7) is 3.57. The van der Waals surface area contributed by atoms with Crippen molar-refractivity contribution in [3.8, 4) is 23.4 Å². The molecule has 2 rings (SSSR count). The van der Waals surface area contributed by atoms with Gasteiger partial charge in [-0.2, -0.15) is 4.98 Å². The molecule has 0 aliphatic heterocycles. The molecule has 5 heteroatoms. The number of hydrogen-bond donors (Lipinski definition) is 0. The van der Waals surface area contributed by atoms with Gasteiger partial charge in [-0.15, -0.1) is 0 Å². The van der Waals surface area contributed by atoms with Crippen LogP contribution in [0.3, 0.4) is 0 Å². The highest BCUT2D eigenvalue weighted by Crippen LogP contribution is 2.10. The van der Waals surface area contributed by atoms with Gasteiger partial charge in [0.2, 0.25) is 5.82 Å². The van der Waals surface area contributed by atoms with Crippen LogP contribution in [-0.4, -0.2) is 20.1 Å². The van der Waals surface area contributed by atoms with Crippen molar-refractivity contribution < 1.29 is 4.52 Å². The highest BCUT2D eigenvalue weighted by Gasteiger charge is 2.07. The van der Waals surface area contributed by atoms with Crippen molar-refractivity contribution in [3.63, 3.8) is 0 Å². The third-order valence-corrected chi connectivity index (χ3v) is 1.67. The van der Waals surface area contributed by atoms with Gasteiger partial charge in [0.1, 0.15) is 5.69 Å². The minimum absolute atomic E-state index is 0.287. The summed E-state index contributed by atoms with van der Waals surface area (Å²) in [7, 11) is 0. The first-order valence-corrected chi connectivity index (χ1v) is 4.35. The zero-order valence-corrected chi connectivity index (χ0v) is 8.35. The zero-order valence-electron chi connectivity index (χ0n) is 8.35. The topological polar surface area (TPSA) is 64.7 Å². The molecule has 0 spiro atoms. The molecule has 0 bridgehead atoms. The van der Waals surface area contributed by atoms with E-state index in [0.717, 1.165) is 5.69 Å². The summed E-state index contributed by atoms with van der Waals surface area (Å²) in [4.78, 5) is 12.3. The Bertz CT molecular complexity index is 518. The standard InChI is InChI=1S/C10H8N4O/c1-3-4-9-13-10(14-15-9)8-6-11-7(2)5-12-8/h5-6H,1-2H3. The van der Waals surface area contributed by atoms with E-state index in [-0.39, 0.29) is 5.89 Å². The van der Waals surface area contributed by atoms with Crippen molar-refractivity contribution in [2.24, 2.45) is 0 Å². The van der Waals surface area contributed by atoms with E-state index in [2.05, 4.69) is 31.9 Å². The van der Waals surface area contributed by atoms with Crippen molar-refractivity contribution in [1.82, 2.24) is 20.1 Å². The monoisotopic (exact) mass is 200 g/mol. The van der Waals surface area contributed by atoms with Gasteiger partial charge in [-0.1, -0.05) is 11.1 Å². The van der Waals surface area contributed by atoms with Crippen LogP contribution < -0.4 is 0 Å². The third-order valence-electron chi connectivity index (χ3n) is 1.67. The fraction of sp³-hybridized carbons (Fsp3) is 0.200. The van der Waals surface area contributed by atoms with Gasteiger partial charge >= 0.3 is 5.89 Å². The summed E-state index contributed by atoms with van der Waals surface area (Å²) in [6.07, 6.45) is 3.25. The van der Waals surface area contributed by atoms with Crippen molar-refractivity contribution in [2.75, 3.05) is 0 Å². The molecule has 0 unspecified atom stereocenters. The quantitative estimate of drug-likeness (QED) is 0.647. The highest BCUT2D eigenvalue weighted by atomic mass is 16.5. The van der Waals surface area contributed by atoms with Gasteiger partial charge in [-0.3, -0.25) is 4.98 Å². The Morgan fingerprint density at radius 1 is 1.27 bits per heavy atom. The fourth-order valence-electron chi connectivity index (χ4n) is 0.993. The largest absolute Gasteiger partial charge is 0.325 e. The van der Waals surface area contributed by atoms with E-state index in [1.165, 1.54) is 0 Å². The van der Waals surface area contributed by atoms with Crippen LogP contribution in [0.25, 0.3) is 11.5 Å². The molecule has 0 atom stereocenters. The number of nitrogens with zero attached hydrogens (tertiary/aromatic N) is 4. The molecule has 15 heavy (non-hydrogen) atoms. The van der Waals surface area contributed by atoms with Crippen molar-refractivity contribution >= 4 is 0 Å². The van der Waals surface area contributed by atoms with E-state index in [4.69, 9.17) is 4.52 Å². The van der Waals surface area contributed by atoms with E-state index in [1.807, 2.05) is 6.92 Å². The zero-order chi connectivity index (χ0) is 10.7. The van der Waals surface area contributed by atoms with E-state index >= 15 is 0 Å². The van der Waals surface area contributed by atoms with Crippen LogP contribution in [-0.2, 0) is 0 Å². The first kappa shape index (κ1) is 9.34. The van der Waals surface area contributed by atoms with Gasteiger partial charge in [0.05, 0.1) is 11.9 Å². The predicted molar refractivity (Wildman–Crippen MR) is 52.6 cm³/mol. The molecule has 0 N–H and O–H groups in total. The maximum atomic E-state index is 4.89. The summed E-state index contributed by atoms with van der Waals surface area (Å²) in [5.41, 5.74) is 1.42. The van der Waals surface area contributed by atoms with E-state index in [9.17, 15) is 0 Å². The molecule has 0 amide bonds. The van der Waals surface area contributed by atoms with E-state index < -0.39 is 0 Å². The molecule has 74 valence electrons. The number of aryl methyl sites for hydroxylation is 1. The third kappa shape index (κ3) is 1.99. The van der Waals surface area contributed by atoms with Crippen molar-refractivity contribution in [1.29, 1.82) is 0 Å². The molecule has 0 aliphatic carbocycles.